The van der Waals surface area contributed by atoms with Gasteiger partial charge in [-0.15, -0.1) is 0 Å². The minimum atomic E-state index is -0.796. The fourth-order valence-electron chi connectivity index (χ4n) is 1.97. The maximum atomic E-state index is 11.0. The first-order chi connectivity index (χ1) is 8.93. The smallest absolute Gasteiger partial charge is 0.304 e. The minimum absolute atomic E-state index is 0.0293. The van der Waals surface area contributed by atoms with Crippen LogP contribution in [0.4, 0.5) is 0 Å². The molecule has 0 aromatic heterocycles. The SMILES string of the molecule is CCN(Cc1ccc(C(N)=O)cc1)C(C)CC(=O)O. The van der Waals surface area contributed by atoms with E-state index < -0.39 is 11.9 Å². The van der Waals surface area contributed by atoms with Crippen molar-refractivity contribution >= 4 is 11.9 Å². The molecule has 19 heavy (non-hydrogen) atoms. The summed E-state index contributed by atoms with van der Waals surface area (Å²) in [7, 11) is 0. The number of carbonyl (C=O) groups excluding carboxylic acids is 1. The summed E-state index contributed by atoms with van der Waals surface area (Å²) in [6, 6.07) is 7.03. The monoisotopic (exact) mass is 264 g/mol. The summed E-state index contributed by atoms with van der Waals surface area (Å²) in [4.78, 5) is 23.8. The summed E-state index contributed by atoms with van der Waals surface area (Å²) in [6.07, 6.45) is 0.118. The molecule has 1 unspecified atom stereocenters. The van der Waals surface area contributed by atoms with Gasteiger partial charge in [0.15, 0.2) is 0 Å². The lowest BCUT2D eigenvalue weighted by atomic mass is 10.1. The Labute approximate surface area is 113 Å². The third kappa shape index (κ3) is 4.71. The third-order valence-electron chi connectivity index (χ3n) is 3.12. The molecule has 5 heteroatoms. The zero-order chi connectivity index (χ0) is 14.4. The number of nitrogens with zero attached hydrogens (tertiary/aromatic N) is 1. The molecule has 0 aliphatic rings. The van der Waals surface area contributed by atoms with Gasteiger partial charge in [0, 0.05) is 18.2 Å². The topological polar surface area (TPSA) is 83.6 Å². The second kappa shape index (κ2) is 6.89. The average Bonchev–Trinajstić information content (AvgIpc) is 2.35. The largest absolute Gasteiger partial charge is 0.481 e. The lowest BCUT2D eigenvalue weighted by Crippen LogP contribution is -2.34. The molecule has 0 spiro atoms. The molecule has 1 amide bonds. The molecular formula is C14H20N2O3. The van der Waals surface area contributed by atoms with Crippen molar-refractivity contribution in [1.82, 2.24) is 4.90 Å². The molecule has 0 aliphatic carbocycles. The summed E-state index contributed by atoms with van der Waals surface area (Å²) in [6.45, 7) is 5.32. The van der Waals surface area contributed by atoms with E-state index in [0.29, 0.717) is 12.1 Å². The van der Waals surface area contributed by atoms with E-state index in [9.17, 15) is 9.59 Å². The molecule has 0 saturated carbocycles. The van der Waals surface area contributed by atoms with Gasteiger partial charge < -0.3 is 10.8 Å². The first kappa shape index (κ1) is 15.2. The zero-order valence-corrected chi connectivity index (χ0v) is 11.3. The summed E-state index contributed by atoms with van der Waals surface area (Å²) >= 11 is 0. The van der Waals surface area contributed by atoms with Crippen molar-refractivity contribution in [3.05, 3.63) is 35.4 Å². The van der Waals surface area contributed by atoms with E-state index in [2.05, 4.69) is 4.90 Å². The molecule has 0 saturated heterocycles. The van der Waals surface area contributed by atoms with Gasteiger partial charge in [0.1, 0.15) is 0 Å². The fourth-order valence-corrected chi connectivity index (χ4v) is 1.97. The Bertz CT molecular complexity index is 443. The maximum absolute atomic E-state index is 11.0. The molecule has 0 aliphatic heterocycles. The Morgan fingerprint density at radius 3 is 2.32 bits per heavy atom. The lowest BCUT2D eigenvalue weighted by Gasteiger charge is -2.26. The Hall–Kier alpha value is -1.88. The van der Waals surface area contributed by atoms with Crippen LogP contribution in [0.3, 0.4) is 0 Å². The van der Waals surface area contributed by atoms with Crippen molar-refractivity contribution in [2.75, 3.05) is 6.54 Å². The Morgan fingerprint density at radius 1 is 1.32 bits per heavy atom. The Balaban J connectivity index is 2.70. The van der Waals surface area contributed by atoms with Gasteiger partial charge in [-0.3, -0.25) is 14.5 Å². The van der Waals surface area contributed by atoms with Gasteiger partial charge in [0.25, 0.3) is 0 Å². The van der Waals surface area contributed by atoms with Gasteiger partial charge in [-0.1, -0.05) is 19.1 Å². The van der Waals surface area contributed by atoms with E-state index in [-0.39, 0.29) is 12.5 Å². The number of carboxylic acid groups (broad SMARTS) is 1. The zero-order valence-electron chi connectivity index (χ0n) is 11.3. The fraction of sp³-hybridized carbons (Fsp3) is 0.429. The van der Waals surface area contributed by atoms with Gasteiger partial charge in [-0.2, -0.15) is 0 Å². The molecule has 1 aromatic rings. The summed E-state index contributed by atoms with van der Waals surface area (Å²) < 4.78 is 0. The van der Waals surface area contributed by atoms with E-state index in [0.717, 1.165) is 12.1 Å². The number of carboxylic acids is 1. The molecule has 1 rings (SSSR count). The number of hydrogen-bond acceptors (Lipinski definition) is 3. The molecule has 1 aromatic carbocycles. The van der Waals surface area contributed by atoms with Crippen LogP contribution in [0.25, 0.3) is 0 Å². The molecule has 0 radical (unpaired) electrons. The van der Waals surface area contributed by atoms with Crippen LogP contribution >= 0.6 is 0 Å². The summed E-state index contributed by atoms with van der Waals surface area (Å²) in [5, 5.41) is 8.81. The number of nitrogens with two attached hydrogens (primary N) is 1. The molecule has 0 bridgehead atoms. The van der Waals surface area contributed by atoms with Gasteiger partial charge in [-0.05, 0) is 31.2 Å². The van der Waals surface area contributed by atoms with Crippen molar-refractivity contribution in [3.8, 4) is 0 Å². The number of amides is 1. The lowest BCUT2D eigenvalue weighted by molar-refractivity contribution is -0.138. The van der Waals surface area contributed by atoms with Crippen molar-refractivity contribution in [3.63, 3.8) is 0 Å². The predicted octanol–water partition coefficient (Wildman–Crippen LogP) is 1.47. The van der Waals surface area contributed by atoms with Crippen LogP contribution in [0.5, 0.6) is 0 Å². The second-order valence-corrected chi connectivity index (χ2v) is 4.57. The number of aliphatic carboxylic acids is 1. The van der Waals surface area contributed by atoms with E-state index >= 15 is 0 Å². The van der Waals surface area contributed by atoms with Crippen LogP contribution in [0.2, 0.25) is 0 Å². The highest BCUT2D eigenvalue weighted by atomic mass is 16.4. The van der Waals surface area contributed by atoms with E-state index in [1.165, 1.54) is 0 Å². The van der Waals surface area contributed by atoms with Crippen molar-refractivity contribution in [2.24, 2.45) is 5.73 Å². The van der Waals surface area contributed by atoms with Crippen LogP contribution in [0.15, 0.2) is 24.3 Å². The Kier molecular flexibility index (Phi) is 5.51. The summed E-state index contributed by atoms with van der Waals surface area (Å²) in [5.41, 5.74) is 6.69. The number of rotatable bonds is 7. The molecule has 0 heterocycles. The molecule has 104 valence electrons. The average molecular weight is 264 g/mol. The van der Waals surface area contributed by atoms with E-state index in [1.54, 1.807) is 12.1 Å². The van der Waals surface area contributed by atoms with Crippen LogP contribution < -0.4 is 5.73 Å². The minimum Gasteiger partial charge on any atom is -0.481 e. The first-order valence-electron chi connectivity index (χ1n) is 6.28. The van der Waals surface area contributed by atoms with Crippen molar-refractivity contribution in [2.45, 2.75) is 32.9 Å². The number of benzene rings is 1. The van der Waals surface area contributed by atoms with E-state index in [1.807, 2.05) is 26.0 Å². The molecule has 3 N–H and O–H groups in total. The third-order valence-corrected chi connectivity index (χ3v) is 3.12. The molecule has 1 atom stereocenters. The van der Waals surface area contributed by atoms with Gasteiger partial charge >= 0.3 is 5.97 Å². The Morgan fingerprint density at radius 2 is 1.89 bits per heavy atom. The predicted molar refractivity (Wildman–Crippen MR) is 72.8 cm³/mol. The first-order valence-corrected chi connectivity index (χ1v) is 6.28. The molecular weight excluding hydrogens is 244 g/mol. The molecule has 5 nitrogen and oxygen atoms in total. The highest BCUT2D eigenvalue weighted by Gasteiger charge is 2.15. The van der Waals surface area contributed by atoms with Gasteiger partial charge in [0.2, 0.25) is 5.91 Å². The van der Waals surface area contributed by atoms with Crippen LogP contribution in [-0.4, -0.2) is 34.5 Å². The highest BCUT2D eigenvalue weighted by molar-refractivity contribution is 5.92. The van der Waals surface area contributed by atoms with Gasteiger partial charge in [-0.25, -0.2) is 0 Å². The standard InChI is InChI=1S/C14H20N2O3/c1-3-16(10(2)8-13(17)18)9-11-4-6-12(7-5-11)14(15)19/h4-7,10H,3,8-9H2,1-2H3,(H2,15,19)(H,17,18). The van der Waals surface area contributed by atoms with Crippen LogP contribution in [-0.2, 0) is 11.3 Å². The van der Waals surface area contributed by atoms with Gasteiger partial charge in [0.05, 0.1) is 6.42 Å². The van der Waals surface area contributed by atoms with Crippen LogP contribution in [0.1, 0.15) is 36.2 Å². The van der Waals surface area contributed by atoms with E-state index in [4.69, 9.17) is 10.8 Å². The van der Waals surface area contributed by atoms with Crippen molar-refractivity contribution < 1.29 is 14.7 Å². The second-order valence-electron chi connectivity index (χ2n) is 4.57. The number of hydrogen-bond donors (Lipinski definition) is 2. The van der Waals surface area contributed by atoms with Crippen molar-refractivity contribution in [1.29, 1.82) is 0 Å². The van der Waals surface area contributed by atoms with Crippen LogP contribution in [0, 0.1) is 0 Å². The number of primary amides is 1. The molecule has 0 fully saturated rings. The maximum Gasteiger partial charge on any atom is 0.304 e. The normalized spacial score (nSPS) is 12.4. The quantitative estimate of drug-likeness (QED) is 0.781. The highest BCUT2D eigenvalue weighted by Crippen LogP contribution is 2.11. The number of carbonyl (C=O) groups is 2. The summed E-state index contributed by atoms with van der Waals surface area (Å²) in [5.74, 6) is -1.24.